The van der Waals surface area contributed by atoms with Gasteiger partial charge in [0.25, 0.3) is 0 Å². The van der Waals surface area contributed by atoms with Gasteiger partial charge in [-0.25, -0.2) is 4.79 Å². The highest BCUT2D eigenvalue weighted by molar-refractivity contribution is 6.35. The van der Waals surface area contributed by atoms with E-state index in [1.54, 1.807) is 12.1 Å². The summed E-state index contributed by atoms with van der Waals surface area (Å²) in [7, 11) is 1.33. The molecule has 0 aliphatic heterocycles. The number of carbonyl (C=O) groups is 1. The number of halogens is 2. The average Bonchev–Trinajstić information content (AvgIpc) is 3.28. The van der Waals surface area contributed by atoms with Gasteiger partial charge in [-0.2, -0.15) is 4.73 Å². The van der Waals surface area contributed by atoms with Crippen LogP contribution in [0, 0.1) is 0 Å². The summed E-state index contributed by atoms with van der Waals surface area (Å²) in [4.78, 5) is 21.3. The van der Waals surface area contributed by atoms with Crippen molar-refractivity contribution in [3.05, 3.63) is 71.0 Å². The van der Waals surface area contributed by atoms with E-state index in [0.717, 1.165) is 21.9 Å². The third-order valence-corrected chi connectivity index (χ3v) is 5.01. The van der Waals surface area contributed by atoms with Gasteiger partial charge in [-0.1, -0.05) is 41.9 Å². The maximum absolute atomic E-state index is 12.2. The number of hydrogen-bond donors (Lipinski definition) is 2. The number of rotatable bonds is 6. The van der Waals surface area contributed by atoms with E-state index in [1.807, 2.05) is 36.5 Å². The van der Waals surface area contributed by atoms with Gasteiger partial charge in [0, 0.05) is 28.5 Å². The molecule has 4 rings (SSSR count). The summed E-state index contributed by atoms with van der Waals surface area (Å²) < 4.78 is 6.28. The van der Waals surface area contributed by atoms with Gasteiger partial charge in [-0.15, -0.1) is 12.4 Å². The van der Waals surface area contributed by atoms with Crippen LogP contribution in [0.5, 0.6) is 0 Å². The molecule has 0 fully saturated rings. The minimum Gasteiger partial charge on any atom is -0.464 e. The van der Waals surface area contributed by atoms with Crippen LogP contribution in [0.3, 0.4) is 0 Å². The van der Waals surface area contributed by atoms with E-state index in [-0.39, 0.29) is 30.7 Å². The van der Waals surface area contributed by atoms with Crippen LogP contribution < -0.4 is 10.6 Å². The Bertz CT molecular complexity index is 1150. The quantitative estimate of drug-likeness (QED) is 0.450. The topological polar surface area (TPSA) is 82.3 Å². The number of aromatic amines is 1. The highest BCUT2D eigenvalue weighted by Crippen LogP contribution is 2.27. The van der Waals surface area contributed by atoms with Crippen molar-refractivity contribution in [3.8, 4) is 0 Å². The molecule has 0 saturated heterocycles. The number of fused-ring (bicyclic) bond motifs is 2. The Morgan fingerprint density at radius 3 is 2.83 bits per heavy atom. The predicted molar refractivity (Wildman–Crippen MR) is 117 cm³/mol. The van der Waals surface area contributed by atoms with Gasteiger partial charge < -0.3 is 20.3 Å². The highest BCUT2D eigenvalue weighted by atomic mass is 35.5. The number of H-pyrrole nitrogens is 1. The van der Waals surface area contributed by atoms with Crippen LogP contribution in [-0.4, -0.2) is 35.4 Å². The van der Waals surface area contributed by atoms with Gasteiger partial charge in [0.05, 0.1) is 12.1 Å². The van der Waals surface area contributed by atoms with Crippen LogP contribution >= 0.6 is 24.0 Å². The van der Waals surface area contributed by atoms with E-state index in [9.17, 15) is 4.79 Å². The van der Waals surface area contributed by atoms with Crippen LogP contribution in [-0.2, 0) is 11.2 Å². The lowest BCUT2D eigenvalue weighted by atomic mass is 10.1. The summed E-state index contributed by atoms with van der Waals surface area (Å²) in [6.07, 6.45) is 2.59. The zero-order valence-corrected chi connectivity index (χ0v) is 17.3. The molecule has 29 heavy (non-hydrogen) atoms. The molecule has 0 bridgehead atoms. The number of ether oxygens (including phenoxy) is 1. The first-order chi connectivity index (χ1) is 13.6. The van der Waals surface area contributed by atoms with Crippen molar-refractivity contribution in [1.29, 1.82) is 0 Å². The molecule has 2 heterocycles. The van der Waals surface area contributed by atoms with Crippen LogP contribution in [0.15, 0.2) is 54.7 Å². The highest BCUT2D eigenvalue weighted by Gasteiger charge is 2.20. The first-order valence-corrected chi connectivity index (χ1v) is 9.28. The number of benzene rings is 2. The fourth-order valence-corrected chi connectivity index (χ4v) is 3.64. The largest absolute Gasteiger partial charge is 0.464 e. The average molecular weight is 434 g/mol. The van der Waals surface area contributed by atoms with Gasteiger partial charge in [-0.3, -0.25) is 0 Å². The number of aromatic nitrogens is 2. The van der Waals surface area contributed by atoms with Gasteiger partial charge >= 0.3 is 5.97 Å². The second kappa shape index (κ2) is 8.78. The molecular weight excluding hydrogens is 413 g/mol. The Labute approximate surface area is 178 Å². The van der Waals surface area contributed by atoms with Crippen molar-refractivity contribution in [3.63, 3.8) is 0 Å². The van der Waals surface area contributed by atoms with Crippen LogP contribution in [0.1, 0.15) is 16.1 Å². The molecule has 0 saturated carbocycles. The van der Waals surface area contributed by atoms with Crippen LogP contribution in [0.4, 0.5) is 0 Å². The van der Waals surface area contributed by atoms with E-state index in [0.29, 0.717) is 17.0 Å². The lowest BCUT2D eigenvalue weighted by Gasteiger charge is -2.16. The summed E-state index contributed by atoms with van der Waals surface area (Å²) in [5, 5.41) is 2.42. The fourth-order valence-electron chi connectivity index (χ4n) is 3.38. The fraction of sp³-hybridized carbons (Fsp3) is 0.190. The van der Waals surface area contributed by atoms with E-state index in [1.165, 1.54) is 11.8 Å². The summed E-state index contributed by atoms with van der Waals surface area (Å²) in [5.41, 5.74) is 9.39. The molecule has 6 nitrogen and oxygen atoms in total. The second-order valence-corrected chi connectivity index (χ2v) is 7.02. The molecule has 0 amide bonds. The van der Waals surface area contributed by atoms with E-state index in [4.69, 9.17) is 26.9 Å². The molecule has 0 aliphatic rings. The maximum Gasteiger partial charge on any atom is 0.358 e. The molecule has 0 radical (unpaired) electrons. The zero-order chi connectivity index (χ0) is 19.7. The van der Waals surface area contributed by atoms with E-state index >= 15 is 0 Å². The summed E-state index contributed by atoms with van der Waals surface area (Å²) >= 11 is 6.33. The number of para-hydroxylation sites is 2. The van der Waals surface area contributed by atoms with Crippen molar-refractivity contribution in [1.82, 2.24) is 9.71 Å². The number of nitrogens with two attached hydrogens (primary N) is 1. The second-order valence-electron chi connectivity index (χ2n) is 6.61. The smallest absolute Gasteiger partial charge is 0.358 e. The molecule has 2 aromatic heterocycles. The predicted octanol–water partition coefficient (Wildman–Crippen LogP) is 3.98. The van der Waals surface area contributed by atoms with Crippen molar-refractivity contribution in [2.24, 2.45) is 5.73 Å². The molecule has 0 aliphatic carbocycles. The molecule has 4 aromatic rings. The normalized spacial score (nSPS) is 12.0. The molecule has 3 N–H and O–H groups in total. The van der Waals surface area contributed by atoms with Crippen LogP contribution in [0.25, 0.3) is 21.8 Å². The van der Waals surface area contributed by atoms with Crippen molar-refractivity contribution in [2.45, 2.75) is 12.5 Å². The standard InChI is InChI=1S/C21H20ClN3O3.ClH/c1-27-21(26)19-10-13-5-4-7-17(22)20(13)25(19)28-12-15(23)9-14-11-24-18-8-3-2-6-16(14)18;/h2-8,10-11,15,24H,9,12,23H2,1H3;1H. The number of carbonyl (C=O) groups excluding carboxylic acids is 1. The lowest BCUT2D eigenvalue weighted by Crippen LogP contribution is -2.34. The molecule has 1 atom stereocenters. The van der Waals surface area contributed by atoms with Crippen molar-refractivity contribution >= 4 is 51.8 Å². The number of esters is 1. The molecule has 2 aromatic carbocycles. The molecule has 152 valence electrons. The Kier molecular flexibility index (Phi) is 6.37. The maximum atomic E-state index is 12.2. The van der Waals surface area contributed by atoms with Gasteiger partial charge in [-0.05, 0) is 30.2 Å². The monoisotopic (exact) mass is 433 g/mol. The summed E-state index contributed by atoms with van der Waals surface area (Å²) in [6, 6.07) is 14.9. The zero-order valence-electron chi connectivity index (χ0n) is 15.7. The van der Waals surface area contributed by atoms with Crippen LogP contribution in [0.2, 0.25) is 5.02 Å². The van der Waals surface area contributed by atoms with E-state index in [2.05, 4.69) is 11.1 Å². The Morgan fingerprint density at radius 2 is 2.03 bits per heavy atom. The van der Waals surface area contributed by atoms with E-state index < -0.39 is 5.97 Å². The van der Waals surface area contributed by atoms with Crippen molar-refractivity contribution in [2.75, 3.05) is 13.7 Å². The van der Waals surface area contributed by atoms with Crippen molar-refractivity contribution < 1.29 is 14.4 Å². The third kappa shape index (κ3) is 4.05. The first kappa shape index (κ1) is 21.0. The van der Waals surface area contributed by atoms with Gasteiger partial charge in [0.2, 0.25) is 0 Å². The summed E-state index contributed by atoms with van der Waals surface area (Å²) in [6.45, 7) is 0.207. The number of nitrogens with zero attached hydrogens (tertiary/aromatic N) is 1. The molecule has 0 spiro atoms. The minimum absolute atomic E-state index is 0. The Morgan fingerprint density at radius 1 is 1.24 bits per heavy atom. The Balaban J connectivity index is 0.00000240. The number of nitrogens with one attached hydrogen (secondary N) is 1. The SMILES string of the molecule is COC(=O)c1cc2cccc(Cl)c2n1OCC(N)Cc1c[nH]c2ccccc12.Cl. The third-order valence-electron chi connectivity index (χ3n) is 4.70. The Hall–Kier alpha value is -2.67. The van der Waals surface area contributed by atoms with Gasteiger partial charge in [0.15, 0.2) is 5.69 Å². The lowest BCUT2D eigenvalue weighted by molar-refractivity contribution is 0.0508. The molecular formula is C21H21Cl2N3O3. The number of hydrogen-bond acceptors (Lipinski definition) is 4. The first-order valence-electron chi connectivity index (χ1n) is 8.90. The molecule has 1 unspecified atom stereocenters. The number of methoxy groups -OCH3 is 1. The molecule has 8 heteroatoms. The minimum atomic E-state index is -0.502. The van der Waals surface area contributed by atoms with Gasteiger partial charge in [0.1, 0.15) is 12.1 Å². The summed E-state index contributed by atoms with van der Waals surface area (Å²) in [5.74, 6) is -0.502.